The molecule has 0 aromatic heterocycles. The summed E-state index contributed by atoms with van der Waals surface area (Å²) in [6.07, 6.45) is 3.87. The van der Waals surface area contributed by atoms with Crippen LogP contribution in [0.3, 0.4) is 0 Å². The van der Waals surface area contributed by atoms with Crippen LogP contribution in [0.25, 0.3) is 0 Å². The molecule has 0 saturated carbocycles. The molecule has 0 saturated heterocycles. The second kappa shape index (κ2) is 6.71. The van der Waals surface area contributed by atoms with Crippen molar-refractivity contribution in [1.82, 2.24) is 0 Å². The van der Waals surface area contributed by atoms with E-state index >= 15 is 0 Å². The molecule has 19 heavy (non-hydrogen) atoms. The Bertz CT molecular complexity index is 440. The number of hydrogen-bond donors (Lipinski definition) is 0. The van der Waals surface area contributed by atoms with Crippen molar-refractivity contribution >= 4 is 5.78 Å². The maximum Gasteiger partial charge on any atom is 0.161 e. The van der Waals surface area contributed by atoms with Crippen LogP contribution < -0.4 is 4.74 Å². The van der Waals surface area contributed by atoms with Crippen molar-refractivity contribution in [2.45, 2.75) is 45.1 Å². The molecule has 1 atom stereocenters. The van der Waals surface area contributed by atoms with Gasteiger partial charge in [0.15, 0.2) is 5.78 Å². The first-order valence-electron chi connectivity index (χ1n) is 7.04. The predicted molar refractivity (Wildman–Crippen MR) is 74.7 cm³/mol. The molecule has 0 radical (unpaired) electrons. The number of Topliss-reactive ketones (excluding diaryl/α,β-unsaturated/α-hetero) is 1. The molecule has 0 N–H and O–H groups in total. The zero-order valence-electron chi connectivity index (χ0n) is 11.8. The van der Waals surface area contributed by atoms with Crippen molar-refractivity contribution in [2.24, 2.45) is 0 Å². The topological polar surface area (TPSA) is 35.5 Å². The fraction of sp³-hybridized carbons (Fsp3) is 0.562. The molecule has 1 aromatic carbocycles. The zero-order chi connectivity index (χ0) is 13.7. The van der Waals surface area contributed by atoms with Crippen LogP contribution in [-0.2, 0) is 22.4 Å². The van der Waals surface area contributed by atoms with Crippen LogP contribution in [0.1, 0.15) is 37.3 Å². The van der Waals surface area contributed by atoms with Crippen molar-refractivity contribution in [3.63, 3.8) is 0 Å². The van der Waals surface area contributed by atoms with Crippen LogP contribution in [0.4, 0.5) is 0 Å². The Morgan fingerprint density at radius 2 is 2.32 bits per heavy atom. The van der Waals surface area contributed by atoms with E-state index in [0.717, 1.165) is 38.0 Å². The largest absolute Gasteiger partial charge is 0.493 e. The van der Waals surface area contributed by atoms with Crippen LogP contribution in [0.2, 0.25) is 0 Å². The number of carbonyl (C=O) groups is 1. The van der Waals surface area contributed by atoms with E-state index < -0.39 is 0 Å². The van der Waals surface area contributed by atoms with E-state index in [-0.39, 0.29) is 11.9 Å². The predicted octanol–water partition coefficient (Wildman–Crippen LogP) is 2.94. The molecule has 3 heteroatoms. The van der Waals surface area contributed by atoms with Crippen molar-refractivity contribution in [2.75, 3.05) is 13.7 Å². The lowest BCUT2D eigenvalue weighted by Gasteiger charge is -2.13. The summed E-state index contributed by atoms with van der Waals surface area (Å²) in [5.41, 5.74) is 2.48. The number of methoxy groups -OCH3 is 1. The first kappa shape index (κ1) is 14.1. The van der Waals surface area contributed by atoms with E-state index in [0.29, 0.717) is 6.42 Å². The summed E-state index contributed by atoms with van der Waals surface area (Å²) in [5, 5.41) is 0. The molecule has 1 aromatic rings. The quantitative estimate of drug-likeness (QED) is 0.758. The van der Waals surface area contributed by atoms with Gasteiger partial charge in [0.2, 0.25) is 0 Å². The Labute approximate surface area is 114 Å². The minimum Gasteiger partial charge on any atom is -0.493 e. The number of fused-ring (bicyclic) bond motifs is 1. The lowest BCUT2D eigenvalue weighted by Crippen LogP contribution is -2.23. The first-order valence-corrected chi connectivity index (χ1v) is 7.04. The minimum atomic E-state index is -0.234. The third-order valence-electron chi connectivity index (χ3n) is 3.61. The van der Waals surface area contributed by atoms with Crippen molar-refractivity contribution < 1.29 is 14.3 Å². The maximum atomic E-state index is 12.0. The molecule has 0 amide bonds. The molecule has 1 heterocycles. The molecule has 3 nitrogen and oxygen atoms in total. The number of hydrogen-bond acceptors (Lipinski definition) is 3. The van der Waals surface area contributed by atoms with Gasteiger partial charge in [-0.3, -0.25) is 4.79 Å². The fourth-order valence-electron chi connectivity index (χ4n) is 2.50. The van der Waals surface area contributed by atoms with Gasteiger partial charge in [0.25, 0.3) is 0 Å². The maximum absolute atomic E-state index is 12.0. The van der Waals surface area contributed by atoms with Crippen LogP contribution in [0.5, 0.6) is 5.75 Å². The molecule has 1 unspecified atom stereocenters. The highest BCUT2D eigenvalue weighted by Crippen LogP contribution is 2.26. The molecule has 1 aliphatic heterocycles. The van der Waals surface area contributed by atoms with Crippen molar-refractivity contribution in [3.8, 4) is 5.75 Å². The Kier molecular flexibility index (Phi) is 4.97. The highest BCUT2D eigenvalue weighted by molar-refractivity contribution is 5.83. The van der Waals surface area contributed by atoms with E-state index in [4.69, 9.17) is 9.47 Å². The van der Waals surface area contributed by atoms with Gasteiger partial charge in [0.05, 0.1) is 6.61 Å². The molecule has 2 rings (SSSR count). The second-order valence-corrected chi connectivity index (χ2v) is 5.02. The highest BCUT2D eigenvalue weighted by Gasteiger charge is 2.17. The van der Waals surface area contributed by atoms with Gasteiger partial charge in [0, 0.05) is 20.0 Å². The van der Waals surface area contributed by atoms with E-state index in [1.807, 2.05) is 6.07 Å². The summed E-state index contributed by atoms with van der Waals surface area (Å²) in [4.78, 5) is 12.0. The van der Waals surface area contributed by atoms with Gasteiger partial charge in [-0.05, 0) is 30.0 Å². The SMILES string of the molecule is CCCC(OC)C(=O)CCc1ccc2c(c1)CCO2. The summed E-state index contributed by atoms with van der Waals surface area (Å²) >= 11 is 0. The number of ether oxygens (including phenoxy) is 2. The average Bonchev–Trinajstić information content (AvgIpc) is 2.89. The zero-order valence-corrected chi connectivity index (χ0v) is 11.8. The van der Waals surface area contributed by atoms with E-state index in [1.54, 1.807) is 7.11 Å². The molecular weight excluding hydrogens is 240 g/mol. The minimum absolute atomic E-state index is 0.209. The van der Waals surface area contributed by atoms with Crippen LogP contribution in [-0.4, -0.2) is 25.6 Å². The number of rotatable bonds is 7. The summed E-state index contributed by atoms with van der Waals surface area (Å²) in [5.74, 6) is 1.21. The number of ketones is 1. The van der Waals surface area contributed by atoms with Gasteiger partial charge in [0.1, 0.15) is 11.9 Å². The third kappa shape index (κ3) is 3.57. The second-order valence-electron chi connectivity index (χ2n) is 5.02. The smallest absolute Gasteiger partial charge is 0.161 e. The molecule has 0 aliphatic carbocycles. The number of benzene rings is 1. The molecule has 0 fully saturated rings. The average molecular weight is 262 g/mol. The monoisotopic (exact) mass is 262 g/mol. The van der Waals surface area contributed by atoms with Crippen molar-refractivity contribution in [3.05, 3.63) is 29.3 Å². The summed E-state index contributed by atoms with van der Waals surface area (Å²) in [6.45, 7) is 2.85. The van der Waals surface area contributed by atoms with Gasteiger partial charge in [-0.2, -0.15) is 0 Å². The molecular formula is C16H22O3. The van der Waals surface area contributed by atoms with Crippen LogP contribution in [0, 0.1) is 0 Å². The van der Waals surface area contributed by atoms with Crippen LogP contribution >= 0.6 is 0 Å². The van der Waals surface area contributed by atoms with Crippen LogP contribution in [0.15, 0.2) is 18.2 Å². The Morgan fingerprint density at radius 3 is 3.05 bits per heavy atom. The highest BCUT2D eigenvalue weighted by atomic mass is 16.5. The molecule has 0 bridgehead atoms. The van der Waals surface area contributed by atoms with E-state index in [9.17, 15) is 4.79 Å². The van der Waals surface area contributed by atoms with Gasteiger partial charge in [-0.25, -0.2) is 0 Å². The van der Waals surface area contributed by atoms with Gasteiger partial charge >= 0.3 is 0 Å². The molecule has 104 valence electrons. The first-order chi connectivity index (χ1) is 9.24. The van der Waals surface area contributed by atoms with Gasteiger partial charge in [-0.1, -0.05) is 25.5 Å². The summed E-state index contributed by atoms with van der Waals surface area (Å²) < 4.78 is 10.7. The number of carbonyl (C=O) groups excluding carboxylic acids is 1. The fourth-order valence-corrected chi connectivity index (χ4v) is 2.50. The van der Waals surface area contributed by atoms with Gasteiger partial charge < -0.3 is 9.47 Å². The lowest BCUT2D eigenvalue weighted by atomic mass is 10.0. The van der Waals surface area contributed by atoms with E-state index in [1.165, 1.54) is 11.1 Å². The molecule has 1 aliphatic rings. The van der Waals surface area contributed by atoms with Gasteiger partial charge in [-0.15, -0.1) is 0 Å². The summed E-state index contributed by atoms with van der Waals surface area (Å²) in [7, 11) is 1.62. The standard InChI is InChI=1S/C16H22O3/c1-3-4-16(18-2)14(17)7-5-12-6-8-15-13(11-12)9-10-19-15/h6,8,11,16H,3-5,7,9-10H2,1-2H3. The van der Waals surface area contributed by atoms with E-state index in [2.05, 4.69) is 19.1 Å². The third-order valence-corrected chi connectivity index (χ3v) is 3.61. The Morgan fingerprint density at radius 1 is 1.47 bits per heavy atom. The Hall–Kier alpha value is -1.35. The normalized spacial score (nSPS) is 14.8. The van der Waals surface area contributed by atoms with Crippen molar-refractivity contribution in [1.29, 1.82) is 0 Å². The summed E-state index contributed by atoms with van der Waals surface area (Å²) in [6, 6.07) is 6.23. The number of aryl methyl sites for hydroxylation is 1. The Balaban J connectivity index is 1.89. The molecule has 0 spiro atoms. The lowest BCUT2D eigenvalue weighted by molar-refractivity contribution is -0.129.